The lowest BCUT2D eigenvalue weighted by atomic mass is 9.89. The molecule has 15 heteroatoms. The fraction of sp³-hybridized carbons (Fsp3) is 0.438. The number of halogens is 3. The van der Waals surface area contributed by atoms with Gasteiger partial charge in [0.1, 0.15) is 0 Å². The molecule has 47 heavy (non-hydrogen) atoms. The van der Waals surface area contributed by atoms with E-state index in [-0.39, 0.29) is 18.0 Å². The molecule has 2 fully saturated rings. The lowest BCUT2D eigenvalue weighted by molar-refractivity contribution is -0.190. The van der Waals surface area contributed by atoms with Crippen molar-refractivity contribution in [1.82, 2.24) is 19.8 Å². The molecule has 10 nitrogen and oxygen atoms in total. The molecule has 2 aromatic heterocycles. The van der Waals surface area contributed by atoms with Crippen LogP contribution in [-0.2, 0) is 23.9 Å². The Morgan fingerprint density at radius 3 is 1.72 bits per heavy atom. The number of amides is 3. The number of benzene rings is 2. The van der Waals surface area contributed by atoms with Crippen LogP contribution >= 0.6 is 22.7 Å². The number of carbonyl (C=O) groups is 4. The summed E-state index contributed by atoms with van der Waals surface area (Å²) in [6.45, 7) is 3.11. The summed E-state index contributed by atoms with van der Waals surface area (Å²) in [7, 11) is 0. The Labute approximate surface area is 276 Å². The molecule has 6 rings (SSSR count). The summed E-state index contributed by atoms with van der Waals surface area (Å²) < 4.78 is 43.0. The van der Waals surface area contributed by atoms with Crippen LogP contribution in [0.5, 0.6) is 0 Å². The minimum absolute atomic E-state index is 0.0905. The second-order valence-electron chi connectivity index (χ2n) is 12.0. The number of nitrogens with two attached hydrogens (primary N) is 1. The second kappa shape index (κ2) is 14.3. The number of piperidine rings is 2. The first-order chi connectivity index (χ1) is 22.3. The molecule has 2 N–H and O–H groups in total. The van der Waals surface area contributed by atoms with E-state index in [9.17, 15) is 32.3 Å². The minimum atomic E-state index is -4.67. The minimum Gasteiger partial charge on any atom is -0.449 e. The quantitative estimate of drug-likeness (QED) is 0.213. The first kappa shape index (κ1) is 34.2. The van der Waals surface area contributed by atoms with Crippen LogP contribution < -0.4 is 5.73 Å². The molecule has 0 aliphatic carbocycles. The Balaban J connectivity index is 0.000000189. The predicted molar refractivity (Wildman–Crippen MR) is 171 cm³/mol. The highest BCUT2D eigenvalue weighted by molar-refractivity contribution is 7.17. The van der Waals surface area contributed by atoms with Crippen LogP contribution in [0.2, 0.25) is 0 Å². The van der Waals surface area contributed by atoms with Crippen molar-refractivity contribution in [3.8, 4) is 0 Å². The van der Waals surface area contributed by atoms with E-state index in [2.05, 4.69) is 21.6 Å². The number of aromatic nitrogens is 2. The van der Waals surface area contributed by atoms with E-state index in [0.717, 1.165) is 50.8 Å². The van der Waals surface area contributed by atoms with E-state index in [4.69, 9.17) is 5.73 Å². The molecule has 4 aromatic rings. The van der Waals surface area contributed by atoms with Crippen LogP contribution in [0.15, 0.2) is 47.4 Å². The summed E-state index contributed by atoms with van der Waals surface area (Å²) in [6.07, 6.45) is -1.32. The van der Waals surface area contributed by atoms with Crippen molar-refractivity contribution in [2.45, 2.75) is 57.8 Å². The van der Waals surface area contributed by atoms with E-state index >= 15 is 0 Å². The van der Waals surface area contributed by atoms with E-state index in [1.54, 1.807) is 21.7 Å². The topological polar surface area (TPSA) is 136 Å². The van der Waals surface area contributed by atoms with Crippen LogP contribution in [0, 0.1) is 11.8 Å². The molecular formula is C32H34F3N5O5S2. The van der Waals surface area contributed by atoms with Crippen molar-refractivity contribution in [3.05, 3.63) is 58.5 Å². The van der Waals surface area contributed by atoms with Crippen molar-refractivity contribution in [3.63, 3.8) is 0 Å². The van der Waals surface area contributed by atoms with Crippen molar-refractivity contribution in [1.29, 1.82) is 0 Å². The SMILES string of the molecule is C[C@H]1CC[C@H](c2ccc3scnc3c2)N(C(=O)C(=O)OCC(F)(F)F)C1.C[C@H]1CC[C@H](c2ccc3scnc3c2)N(C(=O)C(N)=O)C1. The smallest absolute Gasteiger partial charge is 0.422 e. The van der Waals surface area contributed by atoms with Gasteiger partial charge < -0.3 is 20.3 Å². The third-order valence-electron chi connectivity index (χ3n) is 8.39. The van der Waals surface area contributed by atoms with Crippen LogP contribution in [0.25, 0.3) is 20.4 Å². The van der Waals surface area contributed by atoms with Gasteiger partial charge in [0.25, 0.3) is 0 Å². The molecule has 2 aromatic carbocycles. The molecule has 250 valence electrons. The zero-order valence-electron chi connectivity index (χ0n) is 25.7. The highest BCUT2D eigenvalue weighted by Crippen LogP contribution is 2.36. The molecule has 0 saturated carbocycles. The van der Waals surface area contributed by atoms with Crippen molar-refractivity contribution >= 4 is 66.8 Å². The summed E-state index contributed by atoms with van der Waals surface area (Å²) in [5, 5.41) is 0. The first-order valence-corrected chi connectivity index (χ1v) is 16.9. The standard InChI is InChI=1S/C17H17F3N2O3S.C15H17N3O2S/c1-10-2-4-13(11-3-5-14-12(6-11)21-9-26-14)22(7-10)15(23)16(24)25-8-17(18,19)20;1-9-2-4-12(18(7-9)15(20)14(16)19)10-3-5-13-11(6-10)17-8-21-13/h3,5-6,9-10,13H,2,4,7-8H2,1H3;3,5-6,8-9,12H,2,4,7H2,1H3,(H2,16,19)/t10-,13+;9-,12+/m00/s1. The lowest BCUT2D eigenvalue weighted by Crippen LogP contribution is -2.46. The third kappa shape index (κ3) is 8.25. The Hall–Kier alpha value is -4.11. The summed E-state index contributed by atoms with van der Waals surface area (Å²) in [4.78, 5) is 59.1. The van der Waals surface area contributed by atoms with E-state index in [0.29, 0.717) is 25.4 Å². The van der Waals surface area contributed by atoms with Crippen molar-refractivity contribution in [2.75, 3.05) is 19.7 Å². The van der Waals surface area contributed by atoms with Gasteiger partial charge in [-0.05, 0) is 72.9 Å². The number of fused-ring (bicyclic) bond motifs is 2. The highest BCUT2D eigenvalue weighted by Gasteiger charge is 2.38. The number of primary amides is 1. The highest BCUT2D eigenvalue weighted by atomic mass is 32.1. The molecule has 0 spiro atoms. The summed E-state index contributed by atoms with van der Waals surface area (Å²) in [6, 6.07) is 11.2. The maximum absolute atomic E-state index is 12.4. The van der Waals surface area contributed by atoms with Gasteiger partial charge in [-0.15, -0.1) is 22.7 Å². The number of thiazole rings is 2. The number of alkyl halides is 3. The van der Waals surface area contributed by atoms with Gasteiger partial charge in [-0.2, -0.15) is 13.2 Å². The largest absolute Gasteiger partial charge is 0.449 e. The molecule has 0 unspecified atom stereocenters. The number of hydrogen-bond donors (Lipinski definition) is 1. The van der Waals surface area contributed by atoms with Crippen LogP contribution in [0.4, 0.5) is 13.2 Å². The molecular weight excluding hydrogens is 656 g/mol. The molecule has 0 radical (unpaired) electrons. The van der Waals surface area contributed by atoms with Gasteiger partial charge in [-0.3, -0.25) is 14.4 Å². The average molecular weight is 690 g/mol. The van der Waals surface area contributed by atoms with Crippen molar-refractivity contribution < 1.29 is 37.1 Å². The molecule has 2 saturated heterocycles. The maximum Gasteiger partial charge on any atom is 0.422 e. The fourth-order valence-electron chi connectivity index (χ4n) is 6.08. The Bertz CT molecular complexity index is 1780. The van der Waals surface area contributed by atoms with Crippen LogP contribution in [0.1, 0.15) is 62.7 Å². The number of ether oxygens (including phenoxy) is 1. The van der Waals surface area contributed by atoms with Gasteiger partial charge in [0, 0.05) is 13.1 Å². The normalized spacial score (nSPS) is 21.6. The number of carbonyl (C=O) groups excluding carboxylic acids is 4. The Morgan fingerprint density at radius 2 is 1.28 bits per heavy atom. The maximum atomic E-state index is 12.4. The number of rotatable bonds is 3. The van der Waals surface area contributed by atoms with Crippen LogP contribution in [-0.4, -0.2) is 69.3 Å². The molecule has 2 aliphatic rings. The fourth-order valence-corrected chi connectivity index (χ4v) is 7.40. The van der Waals surface area contributed by atoms with E-state index in [1.807, 2.05) is 48.8 Å². The lowest BCUT2D eigenvalue weighted by Gasteiger charge is -2.38. The van der Waals surface area contributed by atoms with Gasteiger partial charge in [0.15, 0.2) is 6.61 Å². The number of hydrogen-bond acceptors (Lipinski definition) is 9. The number of nitrogens with zero attached hydrogens (tertiary/aromatic N) is 4. The summed E-state index contributed by atoms with van der Waals surface area (Å²) >= 11 is 3.08. The Kier molecular flexibility index (Phi) is 10.4. The van der Waals surface area contributed by atoms with Gasteiger partial charge in [0.05, 0.1) is 43.5 Å². The van der Waals surface area contributed by atoms with Gasteiger partial charge >= 0.3 is 29.9 Å². The molecule has 4 heterocycles. The summed E-state index contributed by atoms with van der Waals surface area (Å²) in [5.41, 5.74) is 12.3. The second-order valence-corrected chi connectivity index (χ2v) is 13.8. The molecule has 2 aliphatic heterocycles. The third-order valence-corrected chi connectivity index (χ3v) is 10.0. The monoisotopic (exact) mass is 689 g/mol. The number of likely N-dealkylation sites (tertiary alicyclic amines) is 2. The number of esters is 1. The zero-order valence-corrected chi connectivity index (χ0v) is 27.4. The van der Waals surface area contributed by atoms with Crippen LogP contribution in [0.3, 0.4) is 0 Å². The van der Waals surface area contributed by atoms with Gasteiger partial charge in [-0.1, -0.05) is 26.0 Å². The van der Waals surface area contributed by atoms with E-state index in [1.165, 1.54) is 16.2 Å². The molecule has 4 atom stereocenters. The molecule has 3 amide bonds. The summed E-state index contributed by atoms with van der Waals surface area (Å²) in [5.74, 6) is -3.46. The predicted octanol–water partition coefficient (Wildman–Crippen LogP) is 5.78. The van der Waals surface area contributed by atoms with Crippen molar-refractivity contribution in [2.24, 2.45) is 17.6 Å². The zero-order chi connectivity index (χ0) is 33.9. The van der Waals surface area contributed by atoms with Gasteiger partial charge in [-0.25, -0.2) is 14.8 Å². The molecule has 0 bridgehead atoms. The van der Waals surface area contributed by atoms with Gasteiger partial charge in [0.2, 0.25) is 0 Å². The Morgan fingerprint density at radius 1 is 0.809 bits per heavy atom. The average Bonchev–Trinajstić information content (AvgIpc) is 3.71. The first-order valence-electron chi connectivity index (χ1n) is 15.1. The van der Waals surface area contributed by atoms with E-state index < -0.39 is 36.5 Å².